The highest BCUT2D eigenvalue weighted by Crippen LogP contribution is 2.09. The molecule has 0 amide bonds. The van der Waals surface area contributed by atoms with Crippen LogP contribution in [-0.2, 0) is 0 Å². The molecule has 1 heterocycles. The Bertz CT molecular complexity index is 313. The van der Waals surface area contributed by atoms with Gasteiger partial charge in [0.25, 0.3) is 6.43 Å². The average Bonchev–Trinajstić information content (AvgIpc) is 2.15. The van der Waals surface area contributed by atoms with Gasteiger partial charge in [0, 0.05) is 0 Å². The number of nitrogens with two attached hydrogens (primary N) is 1. The van der Waals surface area contributed by atoms with Crippen molar-refractivity contribution in [2.24, 2.45) is 5.73 Å². The Hall–Kier alpha value is -1.72. The molecular weight excluding hydrogens is 192 g/mol. The molecule has 6 heteroatoms. The van der Waals surface area contributed by atoms with Crippen LogP contribution >= 0.6 is 0 Å². The molecule has 1 aromatic heterocycles. The van der Waals surface area contributed by atoms with Crippen molar-refractivity contribution in [3.05, 3.63) is 24.0 Å². The van der Waals surface area contributed by atoms with Crippen molar-refractivity contribution in [2.45, 2.75) is 6.43 Å². The van der Waals surface area contributed by atoms with E-state index in [1.54, 1.807) is 0 Å². The normalized spacial score (nSPS) is 10.2. The predicted octanol–water partition coefficient (Wildman–Crippen LogP) is 1.01. The van der Waals surface area contributed by atoms with Gasteiger partial charge in [-0.25, -0.2) is 13.8 Å². The topological polar surface area (TPSA) is 72.0 Å². The van der Waals surface area contributed by atoms with Crippen LogP contribution in [0, 0.1) is 5.41 Å². The highest BCUT2D eigenvalue weighted by Gasteiger charge is 2.04. The molecule has 4 nitrogen and oxygen atoms in total. The van der Waals surface area contributed by atoms with Gasteiger partial charge < -0.3 is 10.5 Å². The number of nitrogens with one attached hydrogen (secondary N) is 1. The van der Waals surface area contributed by atoms with Crippen LogP contribution < -0.4 is 10.5 Å². The molecule has 1 aromatic rings. The maximum absolute atomic E-state index is 11.7. The highest BCUT2D eigenvalue weighted by atomic mass is 19.3. The minimum atomic E-state index is -2.51. The molecule has 0 unspecified atom stereocenters. The van der Waals surface area contributed by atoms with Crippen LogP contribution in [-0.4, -0.2) is 23.9 Å². The highest BCUT2D eigenvalue weighted by molar-refractivity contribution is 5.92. The van der Waals surface area contributed by atoms with E-state index in [4.69, 9.17) is 11.1 Å². The molecule has 0 bridgehead atoms. The van der Waals surface area contributed by atoms with Crippen molar-refractivity contribution in [1.82, 2.24) is 4.98 Å². The quantitative estimate of drug-likeness (QED) is 0.564. The number of halogens is 2. The van der Waals surface area contributed by atoms with E-state index >= 15 is 0 Å². The van der Waals surface area contributed by atoms with E-state index in [0.717, 1.165) is 0 Å². The molecular formula is C8H9F2N3O. The van der Waals surface area contributed by atoms with Crippen LogP contribution in [0.25, 0.3) is 0 Å². The van der Waals surface area contributed by atoms with Gasteiger partial charge >= 0.3 is 0 Å². The summed E-state index contributed by atoms with van der Waals surface area (Å²) in [6.45, 7) is -0.666. The van der Waals surface area contributed by atoms with Gasteiger partial charge in [-0.05, 0) is 12.1 Å². The van der Waals surface area contributed by atoms with Gasteiger partial charge in [-0.3, -0.25) is 5.41 Å². The number of ether oxygens (including phenoxy) is 1. The molecule has 0 radical (unpaired) electrons. The first-order valence-corrected chi connectivity index (χ1v) is 3.81. The minimum absolute atomic E-state index is 0.176. The lowest BCUT2D eigenvalue weighted by atomic mass is 10.3. The molecule has 0 aromatic carbocycles. The van der Waals surface area contributed by atoms with Crippen molar-refractivity contribution in [2.75, 3.05) is 6.61 Å². The molecule has 0 atom stereocenters. The summed E-state index contributed by atoms with van der Waals surface area (Å²) >= 11 is 0. The Morgan fingerprint density at radius 3 is 2.71 bits per heavy atom. The Balaban J connectivity index is 2.60. The summed E-state index contributed by atoms with van der Waals surface area (Å²) < 4.78 is 28.1. The van der Waals surface area contributed by atoms with Crippen LogP contribution in [0.3, 0.4) is 0 Å². The molecule has 0 saturated heterocycles. The monoisotopic (exact) mass is 201 g/mol. The first-order valence-electron chi connectivity index (χ1n) is 3.81. The molecule has 1 rings (SSSR count). The summed E-state index contributed by atoms with van der Waals surface area (Å²) in [5, 5.41) is 7.03. The van der Waals surface area contributed by atoms with Crippen molar-refractivity contribution >= 4 is 5.84 Å². The zero-order valence-corrected chi connectivity index (χ0v) is 7.21. The van der Waals surface area contributed by atoms with E-state index in [0.29, 0.717) is 0 Å². The van der Waals surface area contributed by atoms with E-state index in [1.807, 2.05) is 0 Å². The Morgan fingerprint density at radius 1 is 1.57 bits per heavy atom. The van der Waals surface area contributed by atoms with Crippen LogP contribution in [0.4, 0.5) is 8.78 Å². The lowest BCUT2D eigenvalue weighted by Crippen LogP contribution is -2.13. The largest absolute Gasteiger partial charge is 0.486 e. The van der Waals surface area contributed by atoms with Crippen LogP contribution in [0.2, 0.25) is 0 Å². The number of alkyl halides is 2. The summed E-state index contributed by atoms with van der Waals surface area (Å²) in [4.78, 5) is 3.74. The number of hydrogen-bond donors (Lipinski definition) is 2. The van der Waals surface area contributed by atoms with Crippen molar-refractivity contribution in [1.29, 1.82) is 5.41 Å². The molecule has 76 valence electrons. The Labute approximate surface area is 79.2 Å². The minimum Gasteiger partial charge on any atom is -0.486 e. The van der Waals surface area contributed by atoms with Gasteiger partial charge in [-0.15, -0.1) is 0 Å². The second-order valence-corrected chi connectivity index (χ2v) is 2.49. The van der Waals surface area contributed by atoms with E-state index in [2.05, 4.69) is 9.72 Å². The van der Waals surface area contributed by atoms with Crippen LogP contribution in [0.15, 0.2) is 18.3 Å². The Kier molecular flexibility index (Phi) is 3.33. The van der Waals surface area contributed by atoms with Gasteiger partial charge in [0.05, 0.1) is 6.20 Å². The second kappa shape index (κ2) is 4.50. The molecule has 0 aliphatic heterocycles. The van der Waals surface area contributed by atoms with Gasteiger partial charge in [-0.1, -0.05) is 0 Å². The first kappa shape index (κ1) is 10.4. The Morgan fingerprint density at radius 2 is 2.29 bits per heavy atom. The maximum atomic E-state index is 11.7. The first-order chi connectivity index (χ1) is 6.59. The lowest BCUT2D eigenvalue weighted by Gasteiger charge is -2.04. The zero-order chi connectivity index (χ0) is 10.6. The van der Waals surface area contributed by atoms with Crippen molar-refractivity contribution in [3.8, 4) is 5.75 Å². The molecule has 3 N–H and O–H groups in total. The summed E-state index contributed by atoms with van der Waals surface area (Å²) in [5.41, 5.74) is 5.43. The molecule has 14 heavy (non-hydrogen) atoms. The molecule has 0 aliphatic rings. The molecule has 0 fully saturated rings. The number of amidine groups is 1. The van der Waals surface area contributed by atoms with Crippen molar-refractivity contribution < 1.29 is 13.5 Å². The standard InChI is InChI=1S/C8H9F2N3O/c9-7(10)4-14-5-1-2-6(8(11)12)13-3-5/h1-3,7H,4H2,(H3,11,12). The number of nitrogen functional groups attached to an aromatic ring is 1. The summed E-state index contributed by atoms with van der Waals surface area (Å²) in [6, 6.07) is 2.87. The fourth-order valence-electron chi connectivity index (χ4n) is 0.784. The molecule has 0 saturated carbocycles. The van der Waals surface area contributed by atoms with Crippen LogP contribution in [0.1, 0.15) is 5.69 Å². The fourth-order valence-corrected chi connectivity index (χ4v) is 0.784. The third-order valence-corrected chi connectivity index (χ3v) is 1.39. The fraction of sp³-hybridized carbons (Fsp3) is 0.250. The third kappa shape index (κ3) is 2.96. The second-order valence-electron chi connectivity index (χ2n) is 2.49. The number of pyridine rings is 1. The SMILES string of the molecule is N=C(N)c1ccc(OCC(F)F)cn1. The van der Waals surface area contributed by atoms with Gasteiger partial charge in [0.2, 0.25) is 0 Å². The number of nitrogens with zero attached hydrogens (tertiary/aromatic N) is 1. The van der Waals surface area contributed by atoms with Gasteiger partial charge in [0.1, 0.15) is 23.9 Å². The predicted molar refractivity (Wildman–Crippen MR) is 46.8 cm³/mol. The van der Waals surface area contributed by atoms with Gasteiger partial charge in [-0.2, -0.15) is 0 Å². The smallest absolute Gasteiger partial charge is 0.272 e. The van der Waals surface area contributed by atoms with E-state index < -0.39 is 13.0 Å². The van der Waals surface area contributed by atoms with E-state index in [9.17, 15) is 8.78 Å². The number of hydrogen-bond acceptors (Lipinski definition) is 3. The van der Waals surface area contributed by atoms with E-state index in [-0.39, 0.29) is 17.3 Å². The number of rotatable bonds is 4. The van der Waals surface area contributed by atoms with E-state index in [1.165, 1.54) is 18.3 Å². The summed E-state index contributed by atoms with van der Waals surface area (Å²) in [7, 11) is 0. The summed E-state index contributed by atoms with van der Waals surface area (Å²) in [6.07, 6.45) is -1.26. The third-order valence-electron chi connectivity index (χ3n) is 1.39. The average molecular weight is 201 g/mol. The maximum Gasteiger partial charge on any atom is 0.272 e. The van der Waals surface area contributed by atoms with Crippen LogP contribution in [0.5, 0.6) is 5.75 Å². The molecule has 0 aliphatic carbocycles. The summed E-state index contributed by atoms with van der Waals surface area (Å²) in [5.74, 6) is 0.0562. The van der Waals surface area contributed by atoms with Crippen molar-refractivity contribution in [3.63, 3.8) is 0 Å². The lowest BCUT2D eigenvalue weighted by molar-refractivity contribution is 0.0817. The number of aromatic nitrogens is 1. The van der Waals surface area contributed by atoms with Gasteiger partial charge in [0.15, 0.2) is 0 Å². The molecule has 0 spiro atoms. The zero-order valence-electron chi connectivity index (χ0n) is 7.21.